The Bertz CT molecular complexity index is 1170. The van der Waals surface area contributed by atoms with E-state index in [-0.39, 0.29) is 5.03 Å². The summed E-state index contributed by atoms with van der Waals surface area (Å²) in [5.74, 6) is 1.16. The molecule has 0 spiro atoms. The maximum absolute atomic E-state index is 12.3. The third-order valence-electron chi connectivity index (χ3n) is 3.76. The molecule has 4 aromatic rings. The van der Waals surface area contributed by atoms with E-state index in [1.54, 1.807) is 71.2 Å². The summed E-state index contributed by atoms with van der Waals surface area (Å²) >= 11 is 0. The number of anilines is 3. The molecular weight excluding hydrogens is 380 g/mol. The van der Waals surface area contributed by atoms with Gasteiger partial charge < -0.3 is 9.88 Å². The Morgan fingerprint density at radius 3 is 2.39 bits per heavy atom. The maximum atomic E-state index is 12.3. The molecule has 0 aliphatic rings. The SMILES string of the molecule is Cn1cnc(S(=O)(=O)Nc2ccc(Nc3ccc(-n4cccn4)nn3)cc2)c1. The molecule has 0 atom stereocenters. The molecule has 1 aromatic carbocycles. The van der Waals surface area contributed by atoms with Crippen molar-refractivity contribution < 1.29 is 8.42 Å². The lowest BCUT2D eigenvalue weighted by molar-refractivity contribution is 0.598. The van der Waals surface area contributed by atoms with Crippen molar-refractivity contribution >= 4 is 27.2 Å². The average molecular weight is 396 g/mol. The van der Waals surface area contributed by atoms with E-state index in [2.05, 4.69) is 30.3 Å². The van der Waals surface area contributed by atoms with Crippen molar-refractivity contribution in [3.05, 3.63) is 67.4 Å². The predicted molar refractivity (Wildman–Crippen MR) is 103 cm³/mol. The first kappa shape index (κ1) is 17.7. The van der Waals surface area contributed by atoms with Crippen LogP contribution in [-0.4, -0.2) is 37.9 Å². The highest BCUT2D eigenvalue weighted by Gasteiger charge is 2.16. The van der Waals surface area contributed by atoms with Gasteiger partial charge in [0, 0.05) is 37.0 Å². The number of imidazole rings is 1. The molecule has 0 aliphatic carbocycles. The van der Waals surface area contributed by atoms with Crippen LogP contribution in [0.2, 0.25) is 0 Å². The lowest BCUT2D eigenvalue weighted by atomic mass is 10.3. The average Bonchev–Trinajstić information content (AvgIpc) is 3.36. The molecule has 2 N–H and O–H groups in total. The quantitative estimate of drug-likeness (QED) is 0.511. The molecule has 0 saturated heterocycles. The summed E-state index contributed by atoms with van der Waals surface area (Å²) in [5.41, 5.74) is 1.17. The number of hydrogen-bond donors (Lipinski definition) is 2. The molecule has 3 heterocycles. The largest absolute Gasteiger partial charge is 0.339 e. The van der Waals surface area contributed by atoms with Crippen LogP contribution in [0.5, 0.6) is 0 Å². The highest BCUT2D eigenvalue weighted by Crippen LogP contribution is 2.20. The normalized spacial score (nSPS) is 11.3. The first-order valence-electron chi connectivity index (χ1n) is 8.21. The zero-order chi connectivity index (χ0) is 19.6. The Morgan fingerprint density at radius 2 is 1.79 bits per heavy atom. The van der Waals surface area contributed by atoms with Crippen molar-refractivity contribution in [2.24, 2.45) is 7.05 Å². The summed E-state index contributed by atoms with van der Waals surface area (Å²) in [7, 11) is -2.02. The number of aryl methyl sites for hydroxylation is 1. The van der Waals surface area contributed by atoms with E-state index in [1.165, 1.54) is 12.5 Å². The zero-order valence-corrected chi connectivity index (χ0v) is 15.6. The smallest absolute Gasteiger partial charge is 0.280 e. The molecule has 11 heteroatoms. The Labute approximate surface area is 160 Å². The highest BCUT2D eigenvalue weighted by molar-refractivity contribution is 7.92. The molecule has 0 unspecified atom stereocenters. The van der Waals surface area contributed by atoms with E-state index in [0.717, 1.165) is 5.69 Å². The monoisotopic (exact) mass is 396 g/mol. The van der Waals surface area contributed by atoms with Gasteiger partial charge in [0.2, 0.25) is 0 Å². The fraction of sp³-hybridized carbons (Fsp3) is 0.0588. The Morgan fingerprint density at radius 1 is 1.00 bits per heavy atom. The number of aromatic nitrogens is 6. The van der Waals surface area contributed by atoms with Crippen LogP contribution in [0.25, 0.3) is 5.82 Å². The van der Waals surface area contributed by atoms with Crippen LogP contribution >= 0.6 is 0 Å². The van der Waals surface area contributed by atoms with Gasteiger partial charge in [0.25, 0.3) is 10.0 Å². The van der Waals surface area contributed by atoms with Crippen molar-refractivity contribution in [1.82, 2.24) is 29.5 Å². The van der Waals surface area contributed by atoms with Gasteiger partial charge in [-0.25, -0.2) is 9.67 Å². The van der Waals surface area contributed by atoms with Crippen LogP contribution in [-0.2, 0) is 17.1 Å². The number of nitrogens with one attached hydrogen (secondary N) is 2. The zero-order valence-electron chi connectivity index (χ0n) is 14.8. The van der Waals surface area contributed by atoms with Gasteiger partial charge >= 0.3 is 0 Å². The first-order valence-corrected chi connectivity index (χ1v) is 9.69. The second-order valence-corrected chi connectivity index (χ2v) is 7.54. The summed E-state index contributed by atoms with van der Waals surface area (Å²) in [6.07, 6.45) is 6.31. The second-order valence-electron chi connectivity index (χ2n) is 5.91. The van der Waals surface area contributed by atoms with Gasteiger partial charge in [-0.2, -0.15) is 13.5 Å². The van der Waals surface area contributed by atoms with Crippen molar-refractivity contribution in [3.8, 4) is 5.82 Å². The van der Waals surface area contributed by atoms with Crippen LogP contribution in [0.1, 0.15) is 0 Å². The third-order valence-corrected chi connectivity index (χ3v) is 5.02. The minimum Gasteiger partial charge on any atom is -0.339 e. The highest BCUT2D eigenvalue weighted by atomic mass is 32.2. The van der Waals surface area contributed by atoms with E-state index < -0.39 is 10.0 Å². The summed E-state index contributed by atoms with van der Waals surface area (Å²) in [5, 5.41) is 15.4. The van der Waals surface area contributed by atoms with Gasteiger partial charge in [-0.05, 0) is 42.5 Å². The summed E-state index contributed by atoms with van der Waals surface area (Å²) < 4.78 is 30.3. The van der Waals surface area contributed by atoms with Crippen molar-refractivity contribution in [3.63, 3.8) is 0 Å². The topological polar surface area (TPSA) is 120 Å². The lowest BCUT2D eigenvalue weighted by Crippen LogP contribution is -2.13. The summed E-state index contributed by atoms with van der Waals surface area (Å²) in [6, 6.07) is 12.1. The molecule has 0 radical (unpaired) electrons. The molecule has 3 aromatic heterocycles. The Hall–Kier alpha value is -3.73. The number of hydrogen-bond acceptors (Lipinski definition) is 7. The first-order chi connectivity index (χ1) is 13.5. The molecule has 142 valence electrons. The number of sulfonamides is 1. The molecule has 28 heavy (non-hydrogen) atoms. The maximum Gasteiger partial charge on any atom is 0.280 e. The molecule has 0 fully saturated rings. The third kappa shape index (κ3) is 3.83. The molecular formula is C17H16N8O2S. The summed E-state index contributed by atoms with van der Waals surface area (Å²) in [6.45, 7) is 0. The van der Waals surface area contributed by atoms with Crippen LogP contribution in [0.3, 0.4) is 0 Å². The Kier molecular flexibility index (Phi) is 4.49. The van der Waals surface area contributed by atoms with Gasteiger partial charge in [-0.1, -0.05) is 0 Å². The van der Waals surface area contributed by atoms with E-state index >= 15 is 0 Å². The minimum absolute atomic E-state index is 0.0373. The van der Waals surface area contributed by atoms with Crippen LogP contribution in [0.4, 0.5) is 17.2 Å². The molecule has 0 aliphatic heterocycles. The molecule has 0 saturated carbocycles. The fourth-order valence-electron chi connectivity index (χ4n) is 2.42. The fourth-order valence-corrected chi connectivity index (χ4v) is 3.46. The van der Waals surface area contributed by atoms with Crippen LogP contribution < -0.4 is 10.0 Å². The van der Waals surface area contributed by atoms with Gasteiger partial charge in [-0.15, -0.1) is 10.2 Å². The number of rotatable bonds is 6. The second kappa shape index (κ2) is 7.12. The van der Waals surface area contributed by atoms with E-state index in [4.69, 9.17) is 0 Å². The van der Waals surface area contributed by atoms with Crippen LogP contribution in [0.15, 0.2) is 72.4 Å². The van der Waals surface area contributed by atoms with E-state index in [1.807, 2.05) is 0 Å². The molecule has 4 rings (SSSR count). The summed E-state index contributed by atoms with van der Waals surface area (Å²) in [4.78, 5) is 3.86. The standard InChI is InChI=1S/C17H16N8O2S/c1-24-11-17(18-12-24)28(26,27)23-14-5-3-13(4-6-14)20-15-7-8-16(22-21-15)25-10-2-9-19-25/h2-12,23H,1H3,(H,20,21). The Balaban J connectivity index is 1.43. The van der Waals surface area contributed by atoms with E-state index in [0.29, 0.717) is 17.3 Å². The van der Waals surface area contributed by atoms with Crippen molar-refractivity contribution in [2.75, 3.05) is 10.0 Å². The van der Waals surface area contributed by atoms with Crippen molar-refractivity contribution in [1.29, 1.82) is 0 Å². The van der Waals surface area contributed by atoms with Gasteiger partial charge in [0.1, 0.15) is 0 Å². The van der Waals surface area contributed by atoms with Gasteiger partial charge in [-0.3, -0.25) is 4.72 Å². The minimum atomic E-state index is -3.72. The van der Waals surface area contributed by atoms with Gasteiger partial charge in [0.05, 0.1) is 6.33 Å². The number of nitrogens with zero attached hydrogens (tertiary/aromatic N) is 6. The molecule has 0 amide bonds. The van der Waals surface area contributed by atoms with Gasteiger partial charge in [0.15, 0.2) is 16.7 Å². The predicted octanol–water partition coefficient (Wildman–Crippen LogP) is 1.94. The van der Waals surface area contributed by atoms with E-state index in [9.17, 15) is 8.42 Å². The number of benzene rings is 1. The van der Waals surface area contributed by atoms with Crippen molar-refractivity contribution in [2.45, 2.75) is 5.03 Å². The molecule has 0 bridgehead atoms. The molecule has 10 nitrogen and oxygen atoms in total. The lowest BCUT2D eigenvalue weighted by Gasteiger charge is -2.08. The van der Waals surface area contributed by atoms with Crippen LogP contribution in [0, 0.1) is 0 Å².